The first-order chi connectivity index (χ1) is 5.76. The van der Waals surface area contributed by atoms with Gasteiger partial charge in [0.1, 0.15) is 12.2 Å². The van der Waals surface area contributed by atoms with E-state index >= 15 is 0 Å². The highest BCUT2D eigenvalue weighted by Gasteiger charge is 2.14. The van der Waals surface area contributed by atoms with E-state index in [1.807, 2.05) is 0 Å². The lowest BCUT2D eigenvalue weighted by atomic mass is 10.2. The van der Waals surface area contributed by atoms with E-state index in [0.717, 1.165) is 0 Å². The van der Waals surface area contributed by atoms with Crippen molar-refractivity contribution in [2.75, 3.05) is 13.2 Å². The molecular weight excluding hydrogens is 158 g/mol. The molecule has 4 heteroatoms. The fourth-order valence-corrected chi connectivity index (χ4v) is 0.729. The summed E-state index contributed by atoms with van der Waals surface area (Å²) < 4.78 is 5.05. The minimum absolute atomic E-state index is 0.375. The molecule has 0 amide bonds. The number of ether oxygens (including phenoxy) is 1. The van der Waals surface area contributed by atoms with Crippen molar-refractivity contribution in [2.24, 2.45) is 0 Å². The Morgan fingerprint density at radius 1 is 1.67 bits per heavy atom. The van der Waals surface area contributed by atoms with Crippen molar-refractivity contribution in [1.82, 2.24) is 0 Å². The van der Waals surface area contributed by atoms with Crippen molar-refractivity contribution in [3.05, 3.63) is 12.2 Å². The Hall–Kier alpha value is -0.890. The highest BCUT2D eigenvalue weighted by atomic mass is 16.5. The number of nitrogens with zero attached hydrogens (tertiary/aromatic N) is 1. The summed E-state index contributed by atoms with van der Waals surface area (Å²) in [7, 11) is 0. The number of aliphatic hydroxyl groups excluding tert-OH is 2. The summed E-state index contributed by atoms with van der Waals surface area (Å²) in [6.45, 7) is 1.83. The molecule has 4 nitrogen and oxygen atoms in total. The molecule has 2 N–H and O–H groups in total. The molecular formula is C8H13NO3. The van der Waals surface area contributed by atoms with Crippen LogP contribution < -0.4 is 0 Å². The van der Waals surface area contributed by atoms with Gasteiger partial charge in [-0.25, -0.2) is 0 Å². The van der Waals surface area contributed by atoms with E-state index in [4.69, 9.17) is 20.2 Å². The van der Waals surface area contributed by atoms with Gasteiger partial charge in [-0.2, -0.15) is 5.26 Å². The van der Waals surface area contributed by atoms with Crippen LogP contribution in [-0.2, 0) is 4.74 Å². The van der Waals surface area contributed by atoms with Crippen LogP contribution in [0, 0.1) is 11.3 Å². The molecule has 0 aromatic rings. The molecule has 0 aliphatic carbocycles. The zero-order chi connectivity index (χ0) is 9.40. The Labute approximate surface area is 71.7 Å². The maximum Gasteiger partial charge on any atom is 0.107 e. The first-order valence-corrected chi connectivity index (χ1v) is 3.73. The molecule has 0 aromatic carbocycles. The lowest BCUT2D eigenvalue weighted by Gasteiger charge is -2.16. The predicted octanol–water partition coefficient (Wildman–Crippen LogP) is -0.176. The third-order valence-corrected chi connectivity index (χ3v) is 1.29. The first kappa shape index (κ1) is 11.1. The summed E-state index contributed by atoms with van der Waals surface area (Å²) in [5.74, 6) is 0. The van der Waals surface area contributed by atoms with Gasteiger partial charge in [-0.1, -0.05) is 0 Å². The summed E-state index contributed by atoms with van der Waals surface area (Å²) in [4.78, 5) is 0. The summed E-state index contributed by atoms with van der Waals surface area (Å²) in [5, 5.41) is 25.9. The molecule has 12 heavy (non-hydrogen) atoms. The maximum atomic E-state index is 9.14. The minimum Gasteiger partial charge on any atom is -0.394 e. The molecule has 0 heterocycles. The quantitative estimate of drug-likeness (QED) is 0.563. The van der Waals surface area contributed by atoms with Crippen molar-refractivity contribution >= 4 is 0 Å². The van der Waals surface area contributed by atoms with Crippen molar-refractivity contribution in [3.63, 3.8) is 0 Å². The second-order valence-electron chi connectivity index (χ2n) is 2.16. The van der Waals surface area contributed by atoms with Crippen LogP contribution in [-0.4, -0.2) is 35.6 Å². The maximum absolute atomic E-state index is 9.14. The largest absolute Gasteiger partial charge is 0.394 e. The van der Waals surface area contributed by atoms with Crippen molar-refractivity contribution in [2.45, 2.75) is 19.1 Å². The Morgan fingerprint density at radius 2 is 2.33 bits per heavy atom. The molecule has 0 aliphatic heterocycles. The first-order valence-electron chi connectivity index (χ1n) is 3.73. The van der Waals surface area contributed by atoms with E-state index < -0.39 is 12.2 Å². The topological polar surface area (TPSA) is 73.5 Å². The Kier molecular flexibility index (Phi) is 6.29. The smallest absolute Gasteiger partial charge is 0.107 e. The lowest BCUT2D eigenvalue weighted by Crippen LogP contribution is -2.30. The average Bonchev–Trinajstić information content (AvgIpc) is 2.11. The van der Waals surface area contributed by atoms with Crippen LogP contribution in [0.25, 0.3) is 0 Å². The van der Waals surface area contributed by atoms with Gasteiger partial charge in [-0.15, -0.1) is 0 Å². The van der Waals surface area contributed by atoms with Crippen LogP contribution in [0.5, 0.6) is 0 Å². The van der Waals surface area contributed by atoms with E-state index in [9.17, 15) is 0 Å². The highest BCUT2D eigenvalue weighted by molar-refractivity contribution is 5.06. The van der Waals surface area contributed by atoms with Crippen LogP contribution in [0.2, 0.25) is 0 Å². The van der Waals surface area contributed by atoms with Gasteiger partial charge in [0.05, 0.1) is 12.7 Å². The Morgan fingerprint density at radius 3 is 2.75 bits per heavy atom. The Bertz CT molecular complexity index is 174. The molecule has 0 aromatic heterocycles. The summed E-state index contributed by atoms with van der Waals surface area (Å²) >= 11 is 0. The molecule has 2 atom stereocenters. The average molecular weight is 171 g/mol. The van der Waals surface area contributed by atoms with Crippen molar-refractivity contribution < 1.29 is 14.9 Å². The molecule has 0 radical (unpaired) electrons. The fourth-order valence-electron chi connectivity index (χ4n) is 0.729. The van der Waals surface area contributed by atoms with E-state index in [1.165, 1.54) is 12.2 Å². The van der Waals surface area contributed by atoms with Crippen LogP contribution in [0.15, 0.2) is 12.2 Å². The summed E-state index contributed by atoms with van der Waals surface area (Å²) in [6, 6.07) is 1.78. The molecule has 0 fully saturated rings. The molecule has 68 valence electrons. The molecule has 0 saturated heterocycles. The molecule has 0 aliphatic rings. The van der Waals surface area contributed by atoms with E-state index in [-0.39, 0.29) is 6.61 Å². The highest BCUT2D eigenvalue weighted by Crippen LogP contribution is 2.00. The van der Waals surface area contributed by atoms with Gasteiger partial charge in [0.15, 0.2) is 0 Å². The van der Waals surface area contributed by atoms with Crippen LogP contribution in [0.4, 0.5) is 0 Å². The summed E-state index contributed by atoms with van der Waals surface area (Å²) in [5.41, 5.74) is 0. The van der Waals surface area contributed by atoms with Gasteiger partial charge in [0.25, 0.3) is 0 Å². The summed E-state index contributed by atoms with van der Waals surface area (Å²) in [6.07, 6.45) is 1.08. The van der Waals surface area contributed by atoms with Gasteiger partial charge in [0, 0.05) is 12.7 Å². The van der Waals surface area contributed by atoms with Gasteiger partial charge in [-0.05, 0) is 13.0 Å². The van der Waals surface area contributed by atoms with E-state index in [0.29, 0.717) is 6.61 Å². The van der Waals surface area contributed by atoms with Crippen LogP contribution >= 0.6 is 0 Å². The SMILES string of the molecule is CCO[C@H](C=CC#N)C(O)CO. The minimum atomic E-state index is -0.963. The second-order valence-corrected chi connectivity index (χ2v) is 2.16. The van der Waals surface area contributed by atoms with E-state index in [2.05, 4.69) is 0 Å². The number of aliphatic hydroxyl groups is 2. The number of rotatable bonds is 5. The van der Waals surface area contributed by atoms with Gasteiger partial charge < -0.3 is 14.9 Å². The molecule has 0 rings (SSSR count). The lowest BCUT2D eigenvalue weighted by molar-refractivity contribution is -0.0295. The van der Waals surface area contributed by atoms with Crippen LogP contribution in [0.3, 0.4) is 0 Å². The molecule has 0 saturated carbocycles. The fraction of sp³-hybridized carbons (Fsp3) is 0.625. The molecule has 1 unspecified atom stereocenters. The molecule has 0 bridgehead atoms. The second kappa shape index (κ2) is 6.80. The molecule has 0 spiro atoms. The monoisotopic (exact) mass is 171 g/mol. The van der Waals surface area contributed by atoms with Gasteiger partial charge >= 0.3 is 0 Å². The normalized spacial score (nSPS) is 15.8. The predicted molar refractivity (Wildman–Crippen MR) is 43.3 cm³/mol. The van der Waals surface area contributed by atoms with Crippen molar-refractivity contribution in [1.29, 1.82) is 5.26 Å². The number of hydrogen-bond acceptors (Lipinski definition) is 4. The number of hydrogen-bond donors (Lipinski definition) is 2. The van der Waals surface area contributed by atoms with Crippen molar-refractivity contribution in [3.8, 4) is 6.07 Å². The third-order valence-electron chi connectivity index (χ3n) is 1.29. The number of nitriles is 1. The zero-order valence-corrected chi connectivity index (χ0v) is 6.97. The Balaban J connectivity index is 4.04. The standard InChI is InChI=1S/C8H13NO3/c1-2-12-8(4-3-5-9)7(11)6-10/h3-4,7-8,10-11H,2,6H2,1H3/t7?,8-/m1/s1. The van der Waals surface area contributed by atoms with E-state index in [1.54, 1.807) is 13.0 Å². The van der Waals surface area contributed by atoms with Gasteiger partial charge in [0.2, 0.25) is 0 Å². The third kappa shape index (κ3) is 4.09. The van der Waals surface area contributed by atoms with Crippen LogP contribution in [0.1, 0.15) is 6.92 Å². The van der Waals surface area contributed by atoms with Gasteiger partial charge in [-0.3, -0.25) is 0 Å². The number of allylic oxidation sites excluding steroid dienone is 1. The zero-order valence-electron chi connectivity index (χ0n) is 6.97.